The summed E-state index contributed by atoms with van der Waals surface area (Å²) in [5, 5.41) is 11.0. The van der Waals surface area contributed by atoms with Crippen LogP contribution in [-0.2, 0) is 13.2 Å². The van der Waals surface area contributed by atoms with Crippen LogP contribution in [0.25, 0.3) is 17.2 Å². The molecule has 1 amide bonds. The smallest absolute Gasteiger partial charge is 0.352 e. The Morgan fingerprint density at radius 2 is 1.95 bits per heavy atom. The van der Waals surface area contributed by atoms with Gasteiger partial charge in [-0.1, -0.05) is 0 Å². The minimum atomic E-state index is -4.49. The maximum absolute atomic E-state index is 13.3. The molecule has 1 aliphatic rings. The van der Waals surface area contributed by atoms with Crippen LogP contribution < -0.4 is 4.90 Å². The average Bonchev–Trinajstić information content (AvgIpc) is 3.68. The van der Waals surface area contributed by atoms with Crippen LogP contribution in [0.5, 0.6) is 0 Å². The van der Waals surface area contributed by atoms with Crippen LogP contribution in [0.1, 0.15) is 27.5 Å². The zero-order valence-electron chi connectivity index (χ0n) is 20.0. The molecule has 38 heavy (non-hydrogen) atoms. The van der Waals surface area contributed by atoms with E-state index >= 15 is 0 Å². The van der Waals surface area contributed by atoms with E-state index < -0.39 is 11.7 Å². The summed E-state index contributed by atoms with van der Waals surface area (Å²) in [4.78, 5) is 30.3. The minimum Gasteiger partial charge on any atom is -0.352 e. The highest BCUT2D eigenvalue weighted by atomic mass is 19.4. The number of aryl methyl sites for hydroxylation is 1. The van der Waals surface area contributed by atoms with E-state index in [0.717, 1.165) is 17.8 Å². The van der Waals surface area contributed by atoms with Crippen molar-refractivity contribution in [1.82, 2.24) is 44.2 Å². The van der Waals surface area contributed by atoms with E-state index in [2.05, 4.69) is 30.2 Å². The third-order valence-corrected chi connectivity index (χ3v) is 6.52. The predicted octanol–water partition coefficient (Wildman–Crippen LogP) is 2.97. The van der Waals surface area contributed by atoms with Gasteiger partial charge in [0.25, 0.3) is 5.91 Å². The SMILES string of the molecule is Cn1cc(C(=O)N2CCN(c3ccnc(-c4cnc5ccc(C(F)(F)F)cn45)n3)CC2c2cn[nH]c2)cn1. The molecule has 0 bridgehead atoms. The van der Waals surface area contributed by atoms with Crippen molar-refractivity contribution in [3.63, 3.8) is 0 Å². The maximum atomic E-state index is 13.3. The van der Waals surface area contributed by atoms with Gasteiger partial charge in [0.15, 0.2) is 5.82 Å². The van der Waals surface area contributed by atoms with Crippen molar-refractivity contribution in [3.8, 4) is 11.5 Å². The second-order valence-corrected chi connectivity index (χ2v) is 8.92. The van der Waals surface area contributed by atoms with Crippen molar-refractivity contribution in [2.24, 2.45) is 7.05 Å². The van der Waals surface area contributed by atoms with Gasteiger partial charge in [0, 0.05) is 57.0 Å². The van der Waals surface area contributed by atoms with Gasteiger partial charge < -0.3 is 9.80 Å². The fourth-order valence-corrected chi connectivity index (χ4v) is 4.62. The van der Waals surface area contributed by atoms with E-state index in [9.17, 15) is 18.0 Å². The Morgan fingerprint density at radius 3 is 2.68 bits per heavy atom. The van der Waals surface area contributed by atoms with Gasteiger partial charge in [-0.3, -0.25) is 19.0 Å². The minimum absolute atomic E-state index is 0.140. The number of rotatable bonds is 4. The zero-order chi connectivity index (χ0) is 26.4. The first-order valence-electron chi connectivity index (χ1n) is 11.7. The normalized spacial score (nSPS) is 16.4. The molecular weight excluding hydrogens is 501 g/mol. The lowest BCUT2D eigenvalue weighted by molar-refractivity contribution is -0.137. The zero-order valence-corrected chi connectivity index (χ0v) is 20.0. The summed E-state index contributed by atoms with van der Waals surface area (Å²) in [6.45, 7) is 1.32. The molecule has 1 atom stereocenters. The van der Waals surface area contributed by atoms with Crippen molar-refractivity contribution in [1.29, 1.82) is 0 Å². The first-order valence-corrected chi connectivity index (χ1v) is 11.7. The molecule has 0 radical (unpaired) electrons. The highest BCUT2D eigenvalue weighted by Crippen LogP contribution is 2.32. The molecule has 11 nitrogen and oxygen atoms in total. The van der Waals surface area contributed by atoms with E-state index in [1.54, 1.807) is 47.5 Å². The fourth-order valence-electron chi connectivity index (χ4n) is 4.62. The first-order chi connectivity index (χ1) is 18.3. The standard InChI is InChI=1S/C24H21F3N10O/c1-34-12-16(10-32-34)23(38)36-7-6-35(14-19(36)15-8-30-31-9-15)21-4-5-28-22(33-21)18-11-29-20-3-2-17(13-37(18)20)24(25,26)27/h2-5,8-13,19H,6-7,14H2,1H3,(H,30,31). The van der Waals surface area contributed by atoms with E-state index in [1.807, 2.05) is 4.90 Å². The van der Waals surface area contributed by atoms with Gasteiger partial charge in [-0.15, -0.1) is 0 Å². The number of carbonyl (C=O) groups is 1. The third-order valence-electron chi connectivity index (χ3n) is 6.52. The van der Waals surface area contributed by atoms with Gasteiger partial charge in [0.2, 0.25) is 0 Å². The number of carbonyl (C=O) groups excluding carboxylic acids is 1. The largest absolute Gasteiger partial charge is 0.417 e. The number of hydrogen-bond acceptors (Lipinski definition) is 7. The molecule has 5 aromatic rings. The van der Waals surface area contributed by atoms with Gasteiger partial charge in [0.1, 0.15) is 17.2 Å². The maximum Gasteiger partial charge on any atom is 0.417 e. The Kier molecular flexibility index (Phi) is 5.58. The van der Waals surface area contributed by atoms with E-state index in [4.69, 9.17) is 0 Å². The number of imidazole rings is 1. The number of hydrogen-bond donors (Lipinski definition) is 1. The molecule has 6 rings (SSSR count). The number of pyridine rings is 1. The van der Waals surface area contributed by atoms with Gasteiger partial charge in [-0.2, -0.15) is 23.4 Å². The van der Waals surface area contributed by atoms with E-state index in [0.29, 0.717) is 42.4 Å². The highest BCUT2D eigenvalue weighted by molar-refractivity contribution is 5.94. The third kappa shape index (κ3) is 4.23. The summed E-state index contributed by atoms with van der Waals surface area (Å²) in [6, 6.07) is 3.72. The number of aromatic nitrogens is 8. The lowest BCUT2D eigenvalue weighted by Crippen LogP contribution is -2.51. The monoisotopic (exact) mass is 522 g/mol. The molecule has 0 saturated carbocycles. The Balaban J connectivity index is 1.31. The molecule has 1 aliphatic heterocycles. The number of aromatic amines is 1. The van der Waals surface area contributed by atoms with Crippen molar-refractivity contribution < 1.29 is 18.0 Å². The molecule has 1 fully saturated rings. The fraction of sp³-hybridized carbons (Fsp3) is 0.250. The quantitative estimate of drug-likeness (QED) is 0.386. The van der Waals surface area contributed by atoms with Gasteiger partial charge in [-0.05, 0) is 18.2 Å². The molecule has 0 spiro atoms. The second-order valence-electron chi connectivity index (χ2n) is 8.92. The number of fused-ring (bicyclic) bond motifs is 1. The van der Waals surface area contributed by atoms with Crippen LogP contribution in [0.4, 0.5) is 19.0 Å². The van der Waals surface area contributed by atoms with Crippen molar-refractivity contribution in [2.45, 2.75) is 12.2 Å². The number of nitrogens with zero attached hydrogens (tertiary/aromatic N) is 9. The van der Waals surface area contributed by atoms with Gasteiger partial charge in [0.05, 0.1) is 35.8 Å². The molecule has 1 unspecified atom stereocenters. The number of H-pyrrole nitrogens is 1. The molecule has 14 heteroatoms. The molecule has 5 aromatic heterocycles. The highest BCUT2D eigenvalue weighted by Gasteiger charge is 2.34. The van der Waals surface area contributed by atoms with Crippen molar-refractivity contribution >= 4 is 17.4 Å². The van der Waals surface area contributed by atoms with E-state index in [-0.39, 0.29) is 17.8 Å². The Hall–Kier alpha value is -4.75. The number of anilines is 1. The number of amides is 1. The van der Waals surface area contributed by atoms with E-state index in [1.165, 1.54) is 22.9 Å². The van der Waals surface area contributed by atoms with Crippen LogP contribution in [0.3, 0.4) is 0 Å². The molecule has 0 aromatic carbocycles. The summed E-state index contributed by atoms with van der Waals surface area (Å²) in [5.74, 6) is 0.681. The van der Waals surface area contributed by atoms with Crippen molar-refractivity contribution in [3.05, 3.63) is 78.3 Å². The summed E-state index contributed by atoms with van der Waals surface area (Å²) < 4.78 is 42.8. The average molecular weight is 522 g/mol. The summed E-state index contributed by atoms with van der Waals surface area (Å²) in [7, 11) is 1.75. The van der Waals surface area contributed by atoms with Crippen LogP contribution in [0, 0.1) is 0 Å². The van der Waals surface area contributed by atoms with Crippen LogP contribution in [0.15, 0.2) is 61.6 Å². The second kappa shape index (κ2) is 8.97. The lowest BCUT2D eigenvalue weighted by Gasteiger charge is -2.41. The summed E-state index contributed by atoms with van der Waals surface area (Å²) >= 11 is 0. The Bertz CT molecular complexity index is 1610. The Labute approximate surface area is 213 Å². The molecule has 194 valence electrons. The first kappa shape index (κ1) is 23.6. The number of halogens is 3. The van der Waals surface area contributed by atoms with Crippen molar-refractivity contribution in [2.75, 3.05) is 24.5 Å². The lowest BCUT2D eigenvalue weighted by atomic mass is 10.0. The molecule has 1 N–H and O–H groups in total. The summed E-state index contributed by atoms with van der Waals surface area (Å²) in [5.41, 5.74) is 1.22. The number of alkyl halides is 3. The molecule has 6 heterocycles. The number of nitrogens with one attached hydrogen (secondary N) is 1. The molecule has 1 saturated heterocycles. The van der Waals surface area contributed by atoms with Gasteiger partial charge >= 0.3 is 6.18 Å². The Morgan fingerprint density at radius 1 is 1.08 bits per heavy atom. The van der Waals surface area contributed by atoms with Crippen LogP contribution >= 0.6 is 0 Å². The summed E-state index contributed by atoms with van der Waals surface area (Å²) in [6.07, 6.45) is 6.16. The topological polar surface area (TPSA) is 113 Å². The van der Waals surface area contributed by atoms with Crippen LogP contribution in [0.2, 0.25) is 0 Å². The predicted molar refractivity (Wildman–Crippen MR) is 129 cm³/mol. The molecular formula is C24H21F3N10O. The number of piperazine rings is 1. The van der Waals surface area contributed by atoms with Gasteiger partial charge in [-0.25, -0.2) is 15.0 Å². The molecule has 0 aliphatic carbocycles. The van der Waals surface area contributed by atoms with Crippen LogP contribution in [-0.4, -0.2) is 69.8 Å².